The van der Waals surface area contributed by atoms with Gasteiger partial charge < -0.3 is 15.4 Å². The lowest BCUT2D eigenvalue weighted by molar-refractivity contribution is 0.128. The third kappa shape index (κ3) is 4.16. The van der Waals surface area contributed by atoms with Gasteiger partial charge in [0.1, 0.15) is 5.82 Å². The van der Waals surface area contributed by atoms with Gasteiger partial charge in [0.15, 0.2) is 0 Å². The highest BCUT2D eigenvalue weighted by molar-refractivity contribution is 5.94. The highest BCUT2D eigenvalue weighted by Crippen LogP contribution is 2.24. The number of methoxy groups -OCH3 is 1. The molecule has 0 amide bonds. The largest absolute Gasteiger partial charge is 0.380 e. The summed E-state index contributed by atoms with van der Waals surface area (Å²) >= 11 is 0. The van der Waals surface area contributed by atoms with Crippen LogP contribution in [-0.4, -0.2) is 30.8 Å². The Labute approximate surface area is 126 Å². The number of ether oxygens (including phenoxy) is 1. The van der Waals surface area contributed by atoms with E-state index in [9.17, 15) is 0 Å². The minimum absolute atomic E-state index is 0.160. The van der Waals surface area contributed by atoms with Crippen LogP contribution < -0.4 is 10.6 Å². The zero-order valence-corrected chi connectivity index (χ0v) is 13.3. The monoisotopic (exact) mass is 287 g/mol. The standard InChI is InChI=1S/C17H25N3O/c1-12(2)18-10-14-11-20-17(19-9-13(3)21-4)16-8-6-5-7-15(14)16/h5-8,11-13,18H,9-10H2,1-4H3,(H,19,20). The zero-order valence-electron chi connectivity index (χ0n) is 13.3. The van der Waals surface area contributed by atoms with E-state index in [-0.39, 0.29) is 6.10 Å². The Bertz CT molecular complexity index is 583. The number of rotatable bonds is 7. The molecule has 1 unspecified atom stereocenters. The number of nitrogens with zero attached hydrogens (tertiary/aromatic N) is 1. The van der Waals surface area contributed by atoms with Crippen LogP contribution in [-0.2, 0) is 11.3 Å². The average Bonchev–Trinajstić information content (AvgIpc) is 2.50. The summed E-state index contributed by atoms with van der Waals surface area (Å²) in [6.45, 7) is 7.92. The fraction of sp³-hybridized carbons (Fsp3) is 0.471. The highest BCUT2D eigenvalue weighted by Gasteiger charge is 2.08. The summed E-state index contributed by atoms with van der Waals surface area (Å²) in [6, 6.07) is 8.85. The van der Waals surface area contributed by atoms with E-state index >= 15 is 0 Å². The lowest BCUT2D eigenvalue weighted by atomic mass is 10.1. The summed E-state index contributed by atoms with van der Waals surface area (Å²) in [7, 11) is 1.72. The molecule has 0 fully saturated rings. The summed E-state index contributed by atoms with van der Waals surface area (Å²) in [5.74, 6) is 0.919. The Hall–Kier alpha value is -1.65. The van der Waals surface area contributed by atoms with Crippen LogP contribution in [0.1, 0.15) is 26.3 Å². The van der Waals surface area contributed by atoms with E-state index in [1.165, 1.54) is 10.9 Å². The van der Waals surface area contributed by atoms with Gasteiger partial charge in [-0.1, -0.05) is 38.1 Å². The fourth-order valence-electron chi connectivity index (χ4n) is 2.17. The maximum absolute atomic E-state index is 5.27. The van der Waals surface area contributed by atoms with Gasteiger partial charge in [-0.25, -0.2) is 4.98 Å². The lowest BCUT2D eigenvalue weighted by Gasteiger charge is -2.15. The second kappa shape index (κ2) is 7.38. The van der Waals surface area contributed by atoms with Crippen molar-refractivity contribution in [2.24, 2.45) is 0 Å². The number of aromatic nitrogens is 1. The molecule has 4 nitrogen and oxygen atoms in total. The van der Waals surface area contributed by atoms with Crippen molar-refractivity contribution in [3.05, 3.63) is 36.0 Å². The van der Waals surface area contributed by atoms with Crippen LogP contribution in [0.4, 0.5) is 5.82 Å². The van der Waals surface area contributed by atoms with Crippen molar-refractivity contribution in [3.63, 3.8) is 0 Å². The molecule has 1 aromatic heterocycles. The van der Waals surface area contributed by atoms with Crippen molar-refractivity contribution < 1.29 is 4.74 Å². The molecule has 0 bridgehead atoms. The predicted octanol–water partition coefficient (Wildman–Crippen LogP) is 3.18. The molecular weight excluding hydrogens is 262 g/mol. The van der Waals surface area contributed by atoms with Gasteiger partial charge in [0, 0.05) is 37.8 Å². The van der Waals surface area contributed by atoms with Crippen molar-refractivity contribution in [1.29, 1.82) is 0 Å². The molecule has 2 N–H and O–H groups in total. The average molecular weight is 287 g/mol. The fourth-order valence-corrected chi connectivity index (χ4v) is 2.17. The van der Waals surface area contributed by atoms with Crippen molar-refractivity contribution in [2.75, 3.05) is 19.0 Å². The van der Waals surface area contributed by atoms with Crippen LogP contribution in [0, 0.1) is 0 Å². The Balaban J connectivity index is 2.26. The molecule has 4 heteroatoms. The number of hydrogen-bond acceptors (Lipinski definition) is 4. The zero-order chi connectivity index (χ0) is 15.2. The predicted molar refractivity (Wildman–Crippen MR) is 88.7 cm³/mol. The number of hydrogen-bond donors (Lipinski definition) is 2. The van der Waals surface area contributed by atoms with Gasteiger partial charge in [0.05, 0.1) is 6.10 Å². The highest BCUT2D eigenvalue weighted by atomic mass is 16.5. The molecule has 0 aliphatic rings. The van der Waals surface area contributed by atoms with Gasteiger partial charge in [0.25, 0.3) is 0 Å². The van der Waals surface area contributed by atoms with Crippen LogP contribution in [0.2, 0.25) is 0 Å². The molecule has 0 spiro atoms. The number of pyridine rings is 1. The maximum Gasteiger partial charge on any atom is 0.133 e. The number of benzene rings is 1. The van der Waals surface area contributed by atoms with Crippen molar-refractivity contribution in [1.82, 2.24) is 10.3 Å². The first-order valence-corrected chi connectivity index (χ1v) is 7.48. The van der Waals surface area contributed by atoms with Gasteiger partial charge in [-0.2, -0.15) is 0 Å². The normalized spacial score (nSPS) is 12.8. The molecule has 114 valence electrons. The van der Waals surface area contributed by atoms with Gasteiger partial charge in [-0.05, 0) is 17.9 Å². The maximum atomic E-state index is 5.27. The first-order chi connectivity index (χ1) is 10.1. The Morgan fingerprint density at radius 2 is 1.86 bits per heavy atom. The molecule has 1 atom stereocenters. The molecule has 0 radical (unpaired) electrons. The number of anilines is 1. The quantitative estimate of drug-likeness (QED) is 0.821. The molecule has 1 aromatic carbocycles. The third-order valence-corrected chi connectivity index (χ3v) is 3.54. The summed E-state index contributed by atoms with van der Waals surface area (Å²) in [6.07, 6.45) is 2.12. The topological polar surface area (TPSA) is 46.2 Å². The van der Waals surface area contributed by atoms with E-state index in [4.69, 9.17) is 4.74 Å². The second-order valence-corrected chi connectivity index (χ2v) is 5.64. The smallest absolute Gasteiger partial charge is 0.133 e. The molecule has 2 rings (SSSR count). The Morgan fingerprint density at radius 1 is 1.14 bits per heavy atom. The Morgan fingerprint density at radius 3 is 2.52 bits per heavy atom. The molecule has 0 saturated heterocycles. The third-order valence-electron chi connectivity index (χ3n) is 3.54. The minimum atomic E-state index is 0.160. The summed E-state index contributed by atoms with van der Waals surface area (Å²) in [5.41, 5.74) is 1.23. The first-order valence-electron chi connectivity index (χ1n) is 7.48. The van der Waals surface area contributed by atoms with Crippen LogP contribution in [0.3, 0.4) is 0 Å². The molecule has 21 heavy (non-hydrogen) atoms. The summed E-state index contributed by atoms with van der Waals surface area (Å²) in [4.78, 5) is 4.58. The van der Waals surface area contributed by atoms with E-state index in [0.29, 0.717) is 6.04 Å². The lowest BCUT2D eigenvalue weighted by Crippen LogP contribution is -2.22. The molecule has 0 aliphatic heterocycles. The molecular formula is C17H25N3O. The molecule has 0 aliphatic carbocycles. The van der Waals surface area contributed by atoms with Gasteiger partial charge >= 0.3 is 0 Å². The van der Waals surface area contributed by atoms with Crippen LogP contribution in [0.25, 0.3) is 10.8 Å². The van der Waals surface area contributed by atoms with E-state index in [2.05, 4.69) is 53.7 Å². The van der Waals surface area contributed by atoms with E-state index < -0.39 is 0 Å². The first kappa shape index (κ1) is 15.7. The number of nitrogens with one attached hydrogen (secondary N) is 2. The van der Waals surface area contributed by atoms with Gasteiger partial charge in [-0.15, -0.1) is 0 Å². The van der Waals surface area contributed by atoms with Gasteiger partial charge in [-0.3, -0.25) is 0 Å². The van der Waals surface area contributed by atoms with Crippen molar-refractivity contribution >= 4 is 16.6 Å². The van der Waals surface area contributed by atoms with E-state index in [1.54, 1.807) is 7.11 Å². The van der Waals surface area contributed by atoms with Crippen LogP contribution in [0.15, 0.2) is 30.5 Å². The van der Waals surface area contributed by atoms with E-state index in [0.717, 1.165) is 24.3 Å². The Kier molecular flexibility index (Phi) is 5.53. The van der Waals surface area contributed by atoms with Crippen molar-refractivity contribution in [2.45, 2.75) is 39.5 Å². The second-order valence-electron chi connectivity index (χ2n) is 5.64. The van der Waals surface area contributed by atoms with Gasteiger partial charge in [0.2, 0.25) is 0 Å². The molecule has 0 saturated carbocycles. The molecule has 2 aromatic rings. The SMILES string of the molecule is COC(C)CNc1ncc(CNC(C)C)c2ccccc12. The number of fused-ring (bicyclic) bond motifs is 1. The summed E-state index contributed by atoms with van der Waals surface area (Å²) < 4.78 is 5.27. The minimum Gasteiger partial charge on any atom is -0.380 e. The van der Waals surface area contributed by atoms with Crippen LogP contribution >= 0.6 is 0 Å². The molecule has 1 heterocycles. The van der Waals surface area contributed by atoms with E-state index in [1.807, 2.05) is 13.1 Å². The van der Waals surface area contributed by atoms with Crippen molar-refractivity contribution in [3.8, 4) is 0 Å². The summed E-state index contributed by atoms with van der Waals surface area (Å²) in [5, 5.41) is 9.23. The van der Waals surface area contributed by atoms with Crippen LogP contribution in [0.5, 0.6) is 0 Å².